The number of benzene rings is 2. The summed E-state index contributed by atoms with van der Waals surface area (Å²) < 4.78 is 13.2. The van der Waals surface area contributed by atoms with Crippen molar-refractivity contribution in [1.29, 1.82) is 0 Å². The van der Waals surface area contributed by atoms with Gasteiger partial charge in [0.05, 0.1) is 0 Å². The van der Waals surface area contributed by atoms with Crippen molar-refractivity contribution in [2.45, 2.75) is 39.3 Å². The Morgan fingerprint density at radius 1 is 1.04 bits per heavy atom. The fraction of sp³-hybridized carbons (Fsp3) is 0.364. The fourth-order valence-corrected chi connectivity index (χ4v) is 2.66. The summed E-state index contributed by atoms with van der Waals surface area (Å²) in [7, 11) is 1.70. The zero-order valence-corrected chi connectivity index (χ0v) is 17.0. The molecule has 0 aliphatic carbocycles. The van der Waals surface area contributed by atoms with Gasteiger partial charge in [-0.15, -0.1) is 0 Å². The van der Waals surface area contributed by atoms with E-state index in [2.05, 4.69) is 20.9 Å². The average Bonchev–Trinajstić information content (AvgIpc) is 2.63. The zero-order valence-electron chi connectivity index (χ0n) is 17.0. The quantitative estimate of drug-likeness (QED) is 0.529. The number of aliphatic imine (C=N–C) groups is 1. The second-order valence-electron chi connectivity index (χ2n) is 7.64. The van der Waals surface area contributed by atoms with Crippen molar-refractivity contribution in [3.63, 3.8) is 0 Å². The van der Waals surface area contributed by atoms with Gasteiger partial charge in [0.25, 0.3) is 5.91 Å². The molecule has 1 amide bonds. The van der Waals surface area contributed by atoms with E-state index in [1.807, 2.05) is 45.0 Å². The number of rotatable bonds is 6. The lowest BCUT2D eigenvalue weighted by atomic mass is 10.1. The molecule has 0 unspecified atom stereocenters. The fourth-order valence-electron chi connectivity index (χ4n) is 2.66. The number of amides is 1. The summed E-state index contributed by atoms with van der Waals surface area (Å²) >= 11 is 0. The predicted molar refractivity (Wildman–Crippen MR) is 112 cm³/mol. The van der Waals surface area contributed by atoms with Gasteiger partial charge in [-0.25, -0.2) is 4.39 Å². The number of halogens is 1. The van der Waals surface area contributed by atoms with Crippen molar-refractivity contribution in [3.8, 4) is 0 Å². The molecule has 0 atom stereocenters. The lowest BCUT2D eigenvalue weighted by Crippen LogP contribution is -2.40. The maximum Gasteiger partial charge on any atom is 0.251 e. The average molecular weight is 384 g/mol. The molecule has 2 rings (SSSR count). The molecule has 0 saturated heterocycles. The minimum absolute atomic E-state index is 0.0908. The van der Waals surface area contributed by atoms with E-state index in [0.717, 1.165) is 11.1 Å². The molecule has 0 radical (unpaired) electrons. The van der Waals surface area contributed by atoms with Crippen LogP contribution in [0.2, 0.25) is 0 Å². The van der Waals surface area contributed by atoms with Crippen LogP contribution in [0.15, 0.2) is 53.5 Å². The molecule has 150 valence electrons. The van der Waals surface area contributed by atoms with Crippen LogP contribution >= 0.6 is 0 Å². The van der Waals surface area contributed by atoms with Gasteiger partial charge in [-0.2, -0.15) is 0 Å². The zero-order chi connectivity index (χ0) is 20.6. The summed E-state index contributed by atoms with van der Waals surface area (Å²) in [5.41, 5.74) is 2.26. The molecule has 0 aliphatic rings. The van der Waals surface area contributed by atoms with Gasteiger partial charge >= 0.3 is 0 Å². The lowest BCUT2D eigenvalue weighted by Gasteiger charge is -2.20. The van der Waals surface area contributed by atoms with Crippen molar-refractivity contribution in [3.05, 3.63) is 71.0 Å². The maximum atomic E-state index is 13.2. The number of nitrogens with zero attached hydrogens (tertiary/aromatic N) is 1. The smallest absolute Gasteiger partial charge is 0.251 e. The summed E-state index contributed by atoms with van der Waals surface area (Å²) in [5, 5.41) is 9.41. The van der Waals surface area contributed by atoms with Crippen LogP contribution in [0.4, 0.5) is 4.39 Å². The molecule has 6 heteroatoms. The van der Waals surface area contributed by atoms with E-state index in [1.165, 1.54) is 12.1 Å². The Kier molecular flexibility index (Phi) is 7.55. The number of carbonyl (C=O) groups is 1. The summed E-state index contributed by atoms with van der Waals surface area (Å²) in [4.78, 5) is 16.5. The van der Waals surface area contributed by atoms with Gasteiger partial charge < -0.3 is 16.0 Å². The Morgan fingerprint density at radius 3 is 2.43 bits per heavy atom. The molecule has 0 bridgehead atoms. The van der Waals surface area contributed by atoms with Crippen molar-refractivity contribution >= 4 is 11.9 Å². The SMILES string of the molecule is CN=C(NCCc1cccc(F)c1)NCc1cccc(C(=O)NC(C)(C)C)c1. The van der Waals surface area contributed by atoms with Crippen LogP contribution < -0.4 is 16.0 Å². The monoisotopic (exact) mass is 384 g/mol. The van der Waals surface area contributed by atoms with E-state index in [1.54, 1.807) is 19.2 Å². The van der Waals surface area contributed by atoms with Gasteiger partial charge in [-0.1, -0.05) is 24.3 Å². The molecule has 0 aromatic heterocycles. The number of nitrogens with one attached hydrogen (secondary N) is 3. The topological polar surface area (TPSA) is 65.5 Å². The van der Waals surface area contributed by atoms with Gasteiger partial charge in [0.15, 0.2) is 5.96 Å². The van der Waals surface area contributed by atoms with Crippen LogP contribution in [0.1, 0.15) is 42.3 Å². The van der Waals surface area contributed by atoms with Gasteiger partial charge in [-0.3, -0.25) is 9.79 Å². The minimum atomic E-state index is -0.279. The number of hydrogen-bond acceptors (Lipinski definition) is 2. The largest absolute Gasteiger partial charge is 0.356 e. The Balaban J connectivity index is 1.86. The maximum absolute atomic E-state index is 13.2. The van der Waals surface area contributed by atoms with E-state index >= 15 is 0 Å². The van der Waals surface area contributed by atoms with Gasteiger partial charge in [-0.05, 0) is 62.6 Å². The third-order valence-electron chi connectivity index (χ3n) is 3.96. The molecule has 28 heavy (non-hydrogen) atoms. The van der Waals surface area contributed by atoms with E-state index in [0.29, 0.717) is 31.0 Å². The normalized spacial score (nSPS) is 11.8. The van der Waals surface area contributed by atoms with E-state index < -0.39 is 0 Å². The third-order valence-corrected chi connectivity index (χ3v) is 3.96. The summed E-state index contributed by atoms with van der Waals surface area (Å²) in [6.07, 6.45) is 0.695. The number of hydrogen-bond donors (Lipinski definition) is 3. The third kappa shape index (κ3) is 7.39. The van der Waals surface area contributed by atoms with Crippen LogP contribution in [0.25, 0.3) is 0 Å². The molecule has 0 aliphatic heterocycles. The molecular weight excluding hydrogens is 355 g/mol. The van der Waals surface area contributed by atoms with Crippen molar-refractivity contribution in [2.24, 2.45) is 4.99 Å². The molecule has 2 aromatic rings. The predicted octanol–water partition coefficient (Wildman–Crippen LogP) is 3.26. The lowest BCUT2D eigenvalue weighted by molar-refractivity contribution is 0.0919. The van der Waals surface area contributed by atoms with E-state index in [-0.39, 0.29) is 17.3 Å². The number of guanidine groups is 1. The first-order valence-corrected chi connectivity index (χ1v) is 9.37. The molecule has 5 nitrogen and oxygen atoms in total. The standard InChI is InChI=1S/C22H29FN4O/c1-22(2,3)27-20(28)18-9-5-8-17(13-18)15-26-21(24-4)25-12-11-16-7-6-10-19(23)14-16/h5-10,13-14H,11-12,15H2,1-4H3,(H,27,28)(H2,24,25,26). The van der Waals surface area contributed by atoms with Crippen molar-refractivity contribution in [2.75, 3.05) is 13.6 Å². The summed E-state index contributed by atoms with van der Waals surface area (Å²) in [5.74, 6) is 0.336. The highest BCUT2D eigenvalue weighted by Gasteiger charge is 2.15. The molecule has 3 N–H and O–H groups in total. The Hall–Kier alpha value is -2.89. The first-order chi connectivity index (χ1) is 13.3. The highest BCUT2D eigenvalue weighted by Crippen LogP contribution is 2.08. The van der Waals surface area contributed by atoms with Crippen LogP contribution in [0.3, 0.4) is 0 Å². The van der Waals surface area contributed by atoms with Gasteiger partial charge in [0.1, 0.15) is 5.82 Å². The Bertz CT molecular complexity index is 827. The second kappa shape index (κ2) is 9.88. The van der Waals surface area contributed by atoms with Crippen LogP contribution in [0, 0.1) is 5.82 Å². The molecule has 2 aromatic carbocycles. The van der Waals surface area contributed by atoms with E-state index in [9.17, 15) is 9.18 Å². The highest BCUT2D eigenvalue weighted by molar-refractivity contribution is 5.94. The molecule has 0 fully saturated rings. The van der Waals surface area contributed by atoms with E-state index in [4.69, 9.17) is 0 Å². The van der Waals surface area contributed by atoms with Crippen LogP contribution in [-0.4, -0.2) is 31.0 Å². The first kappa shape index (κ1) is 21.4. The molecule has 0 heterocycles. The molecule has 0 saturated carbocycles. The molecule has 0 spiro atoms. The van der Waals surface area contributed by atoms with Gasteiger partial charge in [0, 0.05) is 31.2 Å². The Labute approximate surface area is 166 Å². The van der Waals surface area contributed by atoms with Crippen LogP contribution in [0.5, 0.6) is 0 Å². The number of carbonyl (C=O) groups excluding carboxylic acids is 1. The van der Waals surface area contributed by atoms with Crippen molar-refractivity contribution in [1.82, 2.24) is 16.0 Å². The summed E-state index contributed by atoms with van der Waals surface area (Å²) in [6, 6.07) is 14.1. The Morgan fingerprint density at radius 2 is 1.75 bits per heavy atom. The molecular formula is C22H29FN4O. The summed E-state index contributed by atoms with van der Waals surface area (Å²) in [6.45, 7) is 7.04. The van der Waals surface area contributed by atoms with Gasteiger partial charge in [0.2, 0.25) is 0 Å². The highest BCUT2D eigenvalue weighted by atomic mass is 19.1. The second-order valence-corrected chi connectivity index (χ2v) is 7.64. The minimum Gasteiger partial charge on any atom is -0.356 e. The van der Waals surface area contributed by atoms with Crippen molar-refractivity contribution < 1.29 is 9.18 Å². The first-order valence-electron chi connectivity index (χ1n) is 9.37. The van der Waals surface area contributed by atoms with Crippen LogP contribution in [-0.2, 0) is 13.0 Å².